The maximum atomic E-state index is 8.64. The number of hydrogen-bond donors (Lipinski definition) is 2. The van der Waals surface area contributed by atoms with Crippen LogP contribution in [0.2, 0.25) is 10.0 Å². The summed E-state index contributed by atoms with van der Waals surface area (Å²) in [4.78, 5) is 29.7. The topological polar surface area (TPSA) is 143 Å². The second-order valence-corrected chi connectivity index (χ2v) is 16.0. The average molecular weight is 1500 g/mol. The predicted octanol–water partition coefficient (Wildman–Crippen LogP) is 5.82. The van der Waals surface area contributed by atoms with Crippen molar-refractivity contribution in [2.24, 2.45) is 0 Å². The van der Waals surface area contributed by atoms with E-state index in [1.54, 1.807) is 26.4 Å². The fourth-order valence-corrected chi connectivity index (χ4v) is 7.15. The maximum absolute atomic E-state index is 8.64. The van der Waals surface area contributed by atoms with Crippen molar-refractivity contribution in [3.63, 3.8) is 0 Å². The molecule has 62 heavy (non-hydrogen) atoms. The van der Waals surface area contributed by atoms with Crippen LogP contribution in [0.4, 0.5) is 5.82 Å². The van der Waals surface area contributed by atoms with E-state index in [0.717, 1.165) is 78.2 Å². The Balaban J connectivity index is 0.000000437. The Bertz CT molecular complexity index is 2850. The molecule has 0 amide bonds. The molecule has 5 aromatic heterocycles. The van der Waals surface area contributed by atoms with Crippen molar-refractivity contribution in [2.75, 3.05) is 19.3 Å². The molecule has 0 atom stereocenters. The molecule has 4 aromatic carbocycles. The molecule has 0 aliphatic heterocycles. The number of nitrogens with zero attached hydrogens (tertiary/aromatic N) is 5. The summed E-state index contributed by atoms with van der Waals surface area (Å²) < 4.78 is 4.84. The number of halogens is 5. The minimum atomic E-state index is -0.181. The van der Waals surface area contributed by atoms with Gasteiger partial charge < -0.3 is 22.6 Å². The number of para-hydroxylation sites is 2. The van der Waals surface area contributed by atoms with E-state index in [-0.39, 0.29) is 146 Å². The fourth-order valence-electron chi connectivity index (χ4n) is 6.03. The van der Waals surface area contributed by atoms with Gasteiger partial charge in [0.1, 0.15) is 11.5 Å². The smallest absolute Gasteiger partial charge is 1.00 e. The van der Waals surface area contributed by atoms with Crippen molar-refractivity contribution in [3.8, 4) is 0 Å². The van der Waals surface area contributed by atoms with Gasteiger partial charge in [-0.05, 0) is 164 Å². The van der Waals surface area contributed by atoms with Gasteiger partial charge in [0, 0.05) is 50.1 Å². The Hall–Kier alpha value is 0.903. The maximum Gasteiger partial charge on any atom is -1.00 e. The SMILES string of the molecule is CCCCNC.Cc1ccc2c(N)nc3ccc(Cl)cc3c2n1.Cc1ccc2c(n1)c1cc(Cl)ccc1n1c3ccccc3nc21.Ic1ccccc1I.O=CO[O-].[Cs+].[Cs+].[Cu][I].[H-]. The number of fused-ring (bicyclic) bond motifs is 11. The number of nitrogens with one attached hydrogen (secondary N) is 1. The van der Waals surface area contributed by atoms with Gasteiger partial charge in [0.15, 0.2) is 0 Å². The molecule has 3 N–H and O–H groups in total. The van der Waals surface area contributed by atoms with E-state index in [9.17, 15) is 0 Å². The third-order valence-electron chi connectivity index (χ3n) is 8.70. The third kappa shape index (κ3) is 16.6. The minimum absolute atomic E-state index is 0. The summed E-state index contributed by atoms with van der Waals surface area (Å²) in [5.74, 6) is 0.502. The summed E-state index contributed by atoms with van der Waals surface area (Å²) in [6.07, 6.45) is 2.59. The van der Waals surface area contributed by atoms with Gasteiger partial charge in [0.2, 0.25) is 0 Å². The fraction of sp³-hybridized carbons (Fsp3) is 0.159. The van der Waals surface area contributed by atoms with Crippen LogP contribution in [0.1, 0.15) is 32.6 Å². The quantitative estimate of drug-likeness (QED) is 0.0425. The van der Waals surface area contributed by atoms with E-state index in [4.69, 9.17) is 49.0 Å². The predicted molar refractivity (Wildman–Crippen MR) is 269 cm³/mol. The first kappa shape index (κ1) is 59.0. The summed E-state index contributed by atoms with van der Waals surface area (Å²) in [5, 5.41) is 16.8. The van der Waals surface area contributed by atoms with Crippen molar-refractivity contribution in [1.29, 1.82) is 0 Å². The van der Waals surface area contributed by atoms with Crippen molar-refractivity contribution < 1.29 is 167 Å². The molecule has 0 spiro atoms. The number of hydrogen-bond acceptors (Lipinski definition) is 9. The molecule has 18 heteroatoms. The Morgan fingerprint density at radius 2 is 1.27 bits per heavy atom. The van der Waals surface area contributed by atoms with Gasteiger partial charge in [0.05, 0.1) is 33.1 Å². The van der Waals surface area contributed by atoms with Crippen molar-refractivity contribution in [1.82, 2.24) is 29.7 Å². The van der Waals surface area contributed by atoms with Gasteiger partial charge >= 0.3 is 171 Å². The van der Waals surface area contributed by atoms with Crippen LogP contribution in [0.15, 0.2) is 109 Å². The van der Waals surface area contributed by atoms with Crippen LogP contribution in [0.25, 0.3) is 60.3 Å². The Labute approximate surface area is 537 Å². The summed E-state index contributed by atoms with van der Waals surface area (Å²) in [6.45, 7) is 7.13. The molecule has 0 saturated heterocycles. The third-order valence-corrected chi connectivity index (χ3v) is 12.1. The van der Waals surface area contributed by atoms with Crippen molar-refractivity contribution in [2.45, 2.75) is 33.6 Å². The van der Waals surface area contributed by atoms with E-state index in [1.165, 1.54) is 20.0 Å². The second-order valence-electron chi connectivity index (χ2n) is 12.8. The van der Waals surface area contributed by atoms with E-state index in [2.05, 4.69) is 114 Å². The molecule has 0 fully saturated rings. The number of nitrogens with two attached hydrogens (primary N) is 1. The second kappa shape index (κ2) is 31.1. The van der Waals surface area contributed by atoms with Crippen LogP contribution in [-0.2, 0) is 22.4 Å². The van der Waals surface area contributed by atoms with E-state index in [0.29, 0.717) is 15.9 Å². The molecule has 0 saturated carbocycles. The first-order chi connectivity index (χ1) is 29.0. The van der Waals surface area contributed by atoms with Gasteiger partial charge in [-0.3, -0.25) is 19.2 Å². The van der Waals surface area contributed by atoms with Crippen LogP contribution in [0.3, 0.4) is 0 Å². The van der Waals surface area contributed by atoms with Crippen LogP contribution < -0.4 is 154 Å². The zero-order chi connectivity index (χ0) is 43.8. The molecular weight excluding hydrogens is 1460 g/mol. The van der Waals surface area contributed by atoms with Gasteiger partial charge in [-0.1, -0.05) is 60.8 Å². The number of benzene rings is 4. The molecule has 10 nitrogen and oxygen atoms in total. The number of pyridine rings is 4. The van der Waals surface area contributed by atoms with Gasteiger partial charge in [-0.25, -0.2) is 9.97 Å². The van der Waals surface area contributed by atoms with Crippen LogP contribution >= 0.6 is 88.7 Å². The molecule has 0 aliphatic rings. The number of aromatic nitrogens is 5. The summed E-state index contributed by atoms with van der Waals surface area (Å²) in [6, 6.07) is 35.9. The molecule has 9 rings (SSSR count). The number of rotatable bonds is 4. The zero-order valence-corrected chi connectivity index (χ0v) is 56.3. The number of aryl methyl sites for hydroxylation is 2. The molecule has 318 valence electrons. The number of carbonyl (C=O) groups is 1. The van der Waals surface area contributed by atoms with Crippen molar-refractivity contribution >= 4 is 161 Å². The van der Waals surface area contributed by atoms with Gasteiger partial charge in [-0.2, -0.15) is 0 Å². The number of carbonyl (C=O) groups excluding carboxylic acids is 1. The van der Waals surface area contributed by atoms with Crippen LogP contribution in [0, 0.1) is 21.0 Å². The van der Waals surface area contributed by atoms with Crippen molar-refractivity contribution in [3.05, 3.63) is 138 Å². The van der Waals surface area contributed by atoms with E-state index in [1.807, 2.05) is 99.8 Å². The largest absolute Gasteiger partial charge is 1.00 e. The number of anilines is 1. The first-order valence-corrected chi connectivity index (χ1v) is 24.2. The molecule has 5 heterocycles. The van der Waals surface area contributed by atoms with Gasteiger partial charge in [0.25, 0.3) is 6.47 Å². The molecule has 0 bridgehead atoms. The van der Waals surface area contributed by atoms with E-state index >= 15 is 0 Å². The molecule has 9 aromatic rings. The average Bonchev–Trinajstić information content (AvgIpc) is 3.66. The number of unbranched alkanes of at least 4 members (excludes halogenated alkanes) is 1. The normalized spacial score (nSPS) is 10.0. The monoisotopic (exact) mass is 1490 g/mol. The summed E-state index contributed by atoms with van der Waals surface area (Å²) in [7, 11) is 1.98. The molecule has 0 radical (unpaired) electrons. The summed E-state index contributed by atoms with van der Waals surface area (Å²) in [5.41, 5.74) is 14.6. The first-order valence-electron chi connectivity index (χ1n) is 18.3. The molecular formula is C44H41Cl2Cs2CuI3N7O3. The minimum Gasteiger partial charge on any atom is -1.00 e. The Kier molecular flexibility index (Phi) is 29.6. The Morgan fingerprint density at radius 1 is 0.742 bits per heavy atom. The van der Waals surface area contributed by atoms with Crippen LogP contribution in [-0.4, -0.2) is 44.4 Å². The zero-order valence-electron chi connectivity index (χ0n) is 35.8. The van der Waals surface area contributed by atoms with Crippen LogP contribution in [0.5, 0.6) is 0 Å². The number of nitrogen functional groups attached to an aromatic ring is 1. The molecule has 0 aliphatic carbocycles. The standard InChI is InChI=1S/C19H12ClN3.C13H10ClN3.C6H4I2.C5H13N.CH2O3.2Cs.Cu.HI.H/c1-11-6-8-13-18(21-11)14-10-12(20)7-9-16(14)23-17-5-3-2-4-15(17)22-19(13)23;1-7-2-4-9-12(16-7)10-6-8(14)3-5-11(10)17-13(9)15;7-5-3-1-2-4-6(5)8;1-3-4-5-6-2;2-1-4-3;;;;;/h2-10H,1H3;2-6H,1H3,(H2,15,17);1-4H;6H,3-5H2,1-2H3;1,3H;;;;1H;/q;;;;;3*+1;;-1/p-2. The number of imidazole rings is 1. The Morgan fingerprint density at radius 3 is 1.82 bits per heavy atom. The summed E-state index contributed by atoms with van der Waals surface area (Å²) >= 11 is 22.8. The van der Waals surface area contributed by atoms with E-state index < -0.39 is 0 Å². The molecule has 0 unspecified atom stereocenters. The van der Waals surface area contributed by atoms with Gasteiger partial charge in [-0.15, -0.1) is 0 Å².